The van der Waals surface area contributed by atoms with Crippen molar-refractivity contribution >= 4 is 5.97 Å². The zero-order valence-electron chi connectivity index (χ0n) is 8.81. The molecule has 15 heavy (non-hydrogen) atoms. The van der Waals surface area contributed by atoms with Gasteiger partial charge in [0.25, 0.3) is 0 Å². The van der Waals surface area contributed by atoms with Crippen LogP contribution in [0.25, 0.3) is 0 Å². The van der Waals surface area contributed by atoms with Crippen LogP contribution in [0.3, 0.4) is 0 Å². The maximum absolute atomic E-state index is 10.3. The fraction of sp³-hybridized carbons (Fsp3) is 0.400. The number of aliphatic carboxylic acids is 1. The predicted octanol–water partition coefficient (Wildman–Crippen LogP) is 0.132. The van der Waals surface area contributed by atoms with Crippen LogP contribution in [0.15, 0.2) is 18.2 Å². The van der Waals surface area contributed by atoms with Crippen LogP contribution in [-0.2, 0) is 17.8 Å². The van der Waals surface area contributed by atoms with Gasteiger partial charge in [-0.15, -0.1) is 0 Å². The van der Waals surface area contributed by atoms with Gasteiger partial charge in [-0.25, -0.2) is 0 Å². The molecule has 5 nitrogen and oxygen atoms in total. The lowest BCUT2D eigenvalue weighted by Gasteiger charge is -2.00. The lowest BCUT2D eigenvalue weighted by Crippen LogP contribution is -2.03. The summed E-state index contributed by atoms with van der Waals surface area (Å²) in [5.74, 6) is -0.806. The average Bonchev–Trinajstić information content (AvgIpc) is 2.29. The van der Waals surface area contributed by atoms with Crippen LogP contribution in [0.2, 0.25) is 0 Å². The SMILES string of the molecule is CN.NCc1cccc(CCC(=O)O)n1. The van der Waals surface area contributed by atoms with Crippen LogP contribution in [0.1, 0.15) is 17.8 Å². The second-order valence-corrected chi connectivity index (χ2v) is 2.72. The van der Waals surface area contributed by atoms with Crippen molar-refractivity contribution in [3.8, 4) is 0 Å². The van der Waals surface area contributed by atoms with E-state index in [-0.39, 0.29) is 6.42 Å². The standard InChI is InChI=1S/C9H12N2O2.CH5N/c10-6-8-3-1-2-7(11-8)4-5-9(12)13;1-2/h1-3H,4-6,10H2,(H,12,13);2H2,1H3. The maximum Gasteiger partial charge on any atom is 0.303 e. The first-order chi connectivity index (χ1) is 7.22. The first-order valence-corrected chi connectivity index (χ1v) is 4.67. The molecule has 1 rings (SSSR count). The normalized spacial score (nSPS) is 9.00. The minimum absolute atomic E-state index is 0.112. The van der Waals surface area contributed by atoms with Gasteiger partial charge < -0.3 is 16.6 Å². The number of nitrogens with zero attached hydrogens (tertiary/aromatic N) is 1. The Hall–Kier alpha value is -1.46. The van der Waals surface area contributed by atoms with E-state index in [0.717, 1.165) is 11.4 Å². The molecule has 0 radical (unpaired) electrons. The van der Waals surface area contributed by atoms with Crippen molar-refractivity contribution in [1.82, 2.24) is 4.98 Å². The molecular weight excluding hydrogens is 194 g/mol. The number of hydrogen-bond acceptors (Lipinski definition) is 4. The van der Waals surface area contributed by atoms with Gasteiger partial charge in [0.15, 0.2) is 0 Å². The number of carboxylic acid groups (broad SMARTS) is 1. The summed E-state index contributed by atoms with van der Waals surface area (Å²) in [5, 5.41) is 8.45. The van der Waals surface area contributed by atoms with Crippen LogP contribution in [0, 0.1) is 0 Å². The van der Waals surface area contributed by atoms with Gasteiger partial charge in [0, 0.05) is 18.7 Å². The van der Waals surface area contributed by atoms with Crippen molar-refractivity contribution in [2.24, 2.45) is 11.5 Å². The van der Waals surface area contributed by atoms with E-state index in [1.807, 2.05) is 18.2 Å². The molecule has 1 heterocycles. The number of rotatable bonds is 4. The Morgan fingerprint density at radius 3 is 2.53 bits per heavy atom. The first-order valence-electron chi connectivity index (χ1n) is 4.67. The van der Waals surface area contributed by atoms with E-state index >= 15 is 0 Å². The van der Waals surface area contributed by atoms with E-state index in [4.69, 9.17) is 10.8 Å². The van der Waals surface area contributed by atoms with Gasteiger partial charge >= 0.3 is 5.97 Å². The summed E-state index contributed by atoms with van der Waals surface area (Å²) in [7, 11) is 1.50. The second kappa shape index (κ2) is 7.90. The summed E-state index contributed by atoms with van der Waals surface area (Å²) in [5.41, 5.74) is 11.5. The first kappa shape index (κ1) is 13.5. The predicted molar refractivity (Wildman–Crippen MR) is 58.2 cm³/mol. The summed E-state index contributed by atoms with van der Waals surface area (Å²) >= 11 is 0. The monoisotopic (exact) mass is 211 g/mol. The summed E-state index contributed by atoms with van der Waals surface area (Å²) in [4.78, 5) is 14.4. The molecule has 1 aromatic rings. The van der Waals surface area contributed by atoms with Crippen LogP contribution in [0.4, 0.5) is 0 Å². The molecule has 0 spiro atoms. The van der Waals surface area contributed by atoms with E-state index < -0.39 is 5.97 Å². The van der Waals surface area contributed by atoms with Crippen molar-refractivity contribution in [3.63, 3.8) is 0 Å². The summed E-state index contributed by atoms with van der Waals surface area (Å²) in [6, 6.07) is 5.47. The minimum atomic E-state index is -0.806. The van der Waals surface area contributed by atoms with Gasteiger partial charge in [0.05, 0.1) is 12.1 Å². The Kier molecular flexibility index (Phi) is 7.13. The summed E-state index contributed by atoms with van der Waals surface area (Å²) < 4.78 is 0. The highest BCUT2D eigenvalue weighted by molar-refractivity contribution is 5.66. The van der Waals surface area contributed by atoms with Crippen LogP contribution < -0.4 is 11.5 Å². The average molecular weight is 211 g/mol. The lowest BCUT2D eigenvalue weighted by atomic mass is 10.2. The fourth-order valence-corrected chi connectivity index (χ4v) is 1.02. The highest BCUT2D eigenvalue weighted by Crippen LogP contribution is 2.01. The molecule has 84 valence electrons. The number of carbonyl (C=O) groups is 1. The van der Waals surface area contributed by atoms with E-state index in [9.17, 15) is 4.79 Å². The summed E-state index contributed by atoms with van der Waals surface area (Å²) in [6.07, 6.45) is 0.574. The maximum atomic E-state index is 10.3. The zero-order chi connectivity index (χ0) is 11.7. The number of nitrogens with two attached hydrogens (primary N) is 2. The Bertz CT molecular complexity index is 302. The minimum Gasteiger partial charge on any atom is -0.481 e. The molecule has 5 N–H and O–H groups in total. The fourth-order valence-electron chi connectivity index (χ4n) is 1.02. The molecule has 0 bridgehead atoms. The van der Waals surface area contributed by atoms with Crippen molar-refractivity contribution in [1.29, 1.82) is 0 Å². The van der Waals surface area contributed by atoms with Crippen LogP contribution in [-0.4, -0.2) is 23.1 Å². The molecule has 5 heteroatoms. The van der Waals surface area contributed by atoms with Gasteiger partial charge in [-0.3, -0.25) is 9.78 Å². The van der Waals surface area contributed by atoms with Gasteiger partial charge in [0.1, 0.15) is 0 Å². The molecular formula is C10H17N3O2. The molecule has 0 fully saturated rings. The van der Waals surface area contributed by atoms with Crippen LogP contribution in [0.5, 0.6) is 0 Å². The molecule has 0 amide bonds. The van der Waals surface area contributed by atoms with Gasteiger partial charge in [-0.2, -0.15) is 0 Å². The van der Waals surface area contributed by atoms with Crippen molar-refractivity contribution in [2.45, 2.75) is 19.4 Å². The second-order valence-electron chi connectivity index (χ2n) is 2.72. The van der Waals surface area contributed by atoms with Gasteiger partial charge in [0.2, 0.25) is 0 Å². The molecule has 0 aliphatic heterocycles. The molecule has 0 saturated carbocycles. The number of carboxylic acids is 1. The number of pyridine rings is 1. The van der Waals surface area contributed by atoms with Crippen molar-refractivity contribution in [3.05, 3.63) is 29.6 Å². The van der Waals surface area contributed by atoms with E-state index in [2.05, 4.69) is 10.7 Å². The molecule has 0 aliphatic rings. The third-order valence-electron chi connectivity index (χ3n) is 1.67. The summed E-state index contributed by atoms with van der Waals surface area (Å²) in [6.45, 7) is 0.390. The Balaban J connectivity index is 0.000000921. The molecule has 0 aromatic carbocycles. The molecule has 0 atom stereocenters. The number of aryl methyl sites for hydroxylation is 1. The molecule has 0 aliphatic carbocycles. The van der Waals surface area contributed by atoms with E-state index in [0.29, 0.717) is 13.0 Å². The third-order valence-corrected chi connectivity index (χ3v) is 1.67. The van der Waals surface area contributed by atoms with E-state index in [1.165, 1.54) is 7.05 Å². The number of aromatic nitrogens is 1. The zero-order valence-corrected chi connectivity index (χ0v) is 8.81. The van der Waals surface area contributed by atoms with Gasteiger partial charge in [-0.05, 0) is 19.2 Å². The van der Waals surface area contributed by atoms with Gasteiger partial charge in [-0.1, -0.05) is 6.07 Å². The molecule has 0 saturated heterocycles. The topological polar surface area (TPSA) is 102 Å². The molecule has 1 aromatic heterocycles. The highest BCUT2D eigenvalue weighted by Gasteiger charge is 2.00. The van der Waals surface area contributed by atoms with E-state index in [1.54, 1.807) is 0 Å². The third kappa shape index (κ3) is 5.77. The van der Waals surface area contributed by atoms with Crippen molar-refractivity contribution < 1.29 is 9.90 Å². The largest absolute Gasteiger partial charge is 0.481 e. The Labute approximate surface area is 89.1 Å². The molecule has 0 unspecified atom stereocenters. The Morgan fingerprint density at radius 2 is 2.00 bits per heavy atom. The van der Waals surface area contributed by atoms with Crippen LogP contribution >= 0.6 is 0 Å². The quantitative estimate of drug-likeness (QED) is 0.657. The highest BCUT2D eigenvalue weighted by atomic mass is 16.4. The Morgan fingerprint density at radius 1 is 1.40 bits per heavy atom. The smallest absolute Gasteiger partial charge is 0.303 e. The number of hydrogen-bond donors (Lipinski definition) is 3. The van der Waals surface area contributed by atoms with Crippen molar-refractivity contribution in [2.75, 3.05) is 7.05 Å². The lowest BCUT2D eigenvalue weighted by molar-refractivity contribution is -0.136.